The van der Waals surface area contributed by atoms with Crippen molar-refractivity contribution in [3.8, 4) is 0 Å². The summed E-state index contributed by atoms with van der Waals surface area (Å²) in [6.07, 6.45) is 21.2. The summed E-state index contributed by atoms with van der Waals surface area (Å²) in [7, 11) is 3.42. The van der Waals surface area contributed by atoms with Gasteiger partial charge < -0.3 is 9.64 Å². The van der Waals surface area contributed by atoms with Gasteiger partial charge in [-0.25, -0.2) is 0 Å². The molecule has 0 rings (SSSR count). The van der Waals surface area contributed by atoms with Crippen molar-refractivity contribution >= 4 is 11.9 Å². The number of rotatable bonds is 18. The fourth-order valence-electron chi connectivity index (χ4n) is 3.09. The molecule has 4 heteroatoms. The number of hydrogen-bond acceptors (Lipinski definition) is 3. The number of esters is 1. The zero-order valence-corrected chi connectivity index (χ0v) is 19.0. The van der Waals surface area contributed by atoms with E-state index in [9.17, 15) is 9.59 Å². The van der Waals surface area contributed by atoms with E-state index >= 15 is 0 Å². The molecule has 0 saturated carbocycles. The van der Waals surface area contributed by atoms with Crippen molar-refractivity contribution in [3.05, 3.63) is 12.2 Å². The van der Waals surface area contributed by atoms with Crippen molar-refractivity contribution in [2.45, 2.75) is 116 Å². The smallest absolute Gasteiger partial charge is 0.306 e. The fraction of sp³-hybridized carbons (Fsp3) is 0.833. The molecule has 28 heavy (non-hydrogen) atoms. The molecule has 0 heterocycles. The van der Waals surface area contributed by atoms with Crippen molar-refractivity contribution in [1.82, 2.24) is 4.90 Å². The minimum Gasteiger partial charge on any atom is -0.462 e. The van der Waals surface area contributed by atoms with Crippen LogP contribution in [0.5, 0.6) is 0 Å². The van der Waals surface area contributed by atoms with Gasteiger partial charge in [-0.3, -0.25) is 9.59 Å². The highest BCUT2D eigenvalue weighted by atomic mass is 16.5. The number of amides is 1. The molecule has 0 fully saturated rings. The number of unbranched alkanes of at least 4 members (excludes halogenated alkanes) is 11. The first-order valence-corrected chi connectivity index (χ1v) is 11.5. The van der Waals surface area contributed by atoms with Crippen LogP contribution >= 0.6 is 0 Å². The molecular formula is C24H45NO3. The molecule has 0 aliphatic rings. The third kappa shape index (κ3) is 18.1. The van der Waals surface area contributed by atoms with E-state index in [2.05, 4.69) is 19.1 Å². The molecular weight excluding hydrogens is 350 g/mol. The van der Waals surface area contributed by atoms with Gasteiger partial charge in [-0.15, -0.1) is 0 Å². The summed E-state index contributed by atoms with van der Waals surface area (Å²) < 4.78 is 5.29. The van der Waals surface area contributed by atoms with Gasteiger partial charge in [0, 0.05) is 20.5 Å². The lowest BCUT2D eigenvalue weighted by atomic mass is 10.1. The minimum absolute atomic E-state index is 0.0127. The van der Waals surface area contributed by atoms with E-state index in [-0.39, 0.29) is 24.4 Å². The molecule has 0 aromatic carbocycles. The van der Waals surface area contributed by atoms with Crippen LogP contribution in [0.4, 0.5) is 0 Å². The Bertz CT molecular complexity index is 418. The average molecular weight is 396 g/mol. The van der Waals surface area contributed by atoms with Gasteiger partial charge in [0.15, 0.2) is 0 Å². The number of carbonyl (C=O) groups is 2. The zero-order valence-electron chi connectivity index (χ0n) is 19.0. The second kappa shape index (κ2) is 19.0. The lowest BCUT2D eigenvalue weighted by molar-refractivity contribution is -0.150. The fourth-order valence-corrected chi connectivity index (χ4v) is 3.09. The van der Waals surface area contributed by atoms with Gasteiger partial charge in [0.1, 0.15) is 6.10 Å². The molecule has 164 valence electrons. The Morgan fingerprint density at radius 1 is 0.821 bits per heavy atom. The van der Waals surface area contributed by atoms with Gasteiger partial charge in [-0.2, -0.15) is 0 Å². The van der Waals surface area contributed by atoms with Gasteiger partial charge in [0.2, 0.25) is 5.91 Å². The minimum atomic E-state index is -0.342. The summed E-state index contributed by atoms with van der Waals surface area (Å²) in [6, 6.07) is 0. The van der Waals surface area contributed by atoms with E-state index < -0.39 is 0 Å². The molecule has 0 aromatic heterocycles. The summed E-state index contributed by atoms with van der Waals surface area (Å²) in [5.74, 6) is -0.196. The van der Waals surface area contributed by atoms with E-state index in [0.717, 1.165) is 12.8 Å². The molecule has 1 amide bonds. The molecule has 0 bridgehead atoms. The van der Waals surface area contributed by atoms with E-state index in [1.54, 1.807) is 21.0 Å². The molecule has 4 nitrogen and oxygen atoms in total. The van der Waals surface area contributed by atoms with E-state index in [0.29, 0.717) is 6.42 Å². The van der Waals surface area contributed by atoms with Crippen LogP contribution in [0.2, 0.25) is 0 Å². The maximum atomic E-state index is 11.8. The van der Waals surface area contributed by atoms with Crippen LogP contribution in [0, 0.1) is 0 Å². The third-order valence-electron chi connectivity index (χ3n) is 4.94. The Kier molecular flexibility index (Phi) is 18.1. The predicted octanol–water partition coefficient (Wildman–Crippen LogP) is 6.43. The molecule has 0 radical (unpaired) electrons. The maximum absolute atomic E-state index is 11.8. The number of hydrogen-bond donors (Lipinski definition) is 0. The quantitative estimate of drug-likeness (QED) is 0.152. The summed E-state index contributed by atoms with van der Waals surface area (Å²) in [5, 5.41) is 0. The molecule has 0 spiro atoms. The Morgan fingerprint density at radius 3 is 1.86 bits per heavy atom. The Hall–Kier alpha value is -1.32. The van der Waals surface area contributed by atoms with Gasteiger partial charge >= 0.3 is 5.97 Å². The lowest BCUT2D eigenvalue weighted by Gasteiger charge is -2.15. The number of nitrogens with zero attached hydrogens (tertiary/aromatic N) is 1. The normalized spacial score (nSPS) is 12.3. The van der Waals surface area contributed by atoms with Crippen molar-refractivity contribution < 1.29 is 14.3 Å². The average Bonchev–Trinajstić information content (AvgIpc) is 2.64. The zero-order chi connectivity index (χ0) is 21.0. The summed E-state index contributed by atoms with van der Waals surface area (Å²) >= 11 is 0. The lowest BCUT2D eigenvalue weighted by Crippen LogP contribution is -2.27. The first-order valence-electron chi connectivity index (χ1n) is 11.5. The highest BCUT2D eigenvalue weighted by molar-refractivity contribution is 5.76. The van der Waals surface area contributed by atoms with E-state index in [1.165, 1.54) is 75.5 Å². The summed E-state index contributed by atoms with van der Waals surface area (Å²) in [5.41, 5.74) is 0. The Balaban J connectivity index is 3.41. The Morgan fingerprint density at radius 2 is 1.32 bits per heavy atom. The highest BCUT2D eigenvalue weighted by Gasteiger charge is 2.14. The topological polar surface area (TPSA) is 46.6 Å². The Labute approximate surface area is 174 Å². The molecule has 0 saturated heterocycles. The predicted molar refractivity (Wildman–Crippen MR) is 118 cm³/mol. The standard InChI is InChI=1S/C24H45NO3/c1-5-6-7-8-9-10-11-12-13-14-15-16-17-18-19-20-24(27)28-22(2)21-23(26)25(3)4/h12-13,22H,5-11,14-21H2,1-4H3/b13-12-/t22-/m0/s1. The van der Waals surface area contributed by atoms with Crippen LogP contribution in [0.1, 0.15) is 110 Å². The second-order valence-electron chi connectivity index (χ2n) is 8.13. The number of ether oxygens (including phenoxy) is 1. The number of allylic oxidation sites excluding steroid dienone is 2. The van der Waals surface area contributed by atoms with Crippen molar-refractivity contribution in [1.29, 1.82) is 0 Å². The maximum Gasteiger partial charge on any atom is 0.306 e. The van der Waals surface area contributed by atoms with Crippen LogP contribution in [-0.4, -0.2) is 37.0 Å². The first kappa shape index (κ1) is 26.7. The summed E-state index contributed by atoms with van der Waals surface area (Å²) in [6.45, 7) is 4.04. The highest BCUT2D eigenvalue weighted by Crippen LogP contribution is 2.11. The van der Waals surface area contributed by atoms with Gasteiger partial charge in [-0.1, -0.05) is 70.4 Å². The van der Waals surface area contributed by atoms with Crippen LogP contribution < -0.4 is 0 Å². The van der Waals surface area contributed by atoms with Crippen molar-refractivity contribution in [2.24, 2.45) is 0 Å². The molecule has 0 N–H and O–H groups in total. The molecule has 0 aromatic rings. The molecule has 0 unspecified atom stereocenters. The van der Waals surface area contributed by atoms with Gasteiger partial charge in [0.05, 0.1) is 6.42 Å². The van der Waals surface area contributed by atoms with Gasteiger partial charge in [0.25, 0.3) is 0 Å². The second-order valence-corrected chi connectivity index (χ2v) is 8.13. The first-order chi connectivity index (χ1) is 13.5. The SMILES string of the molecule is CCCCCCCC/C=C\CCCCCCCC(=O)O[C@@H](C)CC(=O)N(C)C. The van der Waals surface area contributed by atoms with Crippen LogP contribution in [-0.2, 0) is 14.3 Å². The molecule has 1 atom stereocenters. The van der Waals surface area contributed by atoms with Crippen LogP contribution in [0.15, 0.2) is 12.2 Å². The third-order valence-corrected chi connectivity index (χ3v) is 4.94. The van der Waals surface area contributed by atoms with Crippen molar-refractivity contribution in [3.63, 3.8) is 0 Å². The molecule has 0 aliphatic heterocycles. The van der Waals surface area contributed by atoms with Crippen LogP contribution in [0.25, 0.3) is 0 Å². The van der Waals surface area contributed by atoms with E-state index in [1.807, 2.05) is 0 Å². The largest absolute Gasteiger partial charge is 0.462 e. The molecule has 0 aliphatic carbocycles. The van der Waals surface area contributed by atoms with E-state index in [4.69, 9.17) is 4.74 Å². The monoisotopic (exact) mass is 395 g/mol. The number of carbonyl (C=O) groups excluding carboxylic acids is 2. The van der Waals surface area contributed by atoms with Crippen LogP contribution in [0.3, 0.4) is 0 Å². The van der Waals surface area contributed by atoms with Gasteiger partial charge in [-0.05, 0) is 39.0 Å². The summed E-state index contributed by atoms with van der Waals surface area (Å²) in [4.78, 5) is 24.9. The van der Waals surface area contributed by atoms with Crippen molar-refractivity contribution in [2.75, 3.05) is 14.1 Å².